The molecular formula is C32H46ClF10P. The van der Waals surface area contributed by atoms with Crippen LogP contribution < -0.4 is 0 Å². The van der Waals surface area contributed by atoms with E-state index >= 15 is 0 Å². The van der Waals surface area contributed by atoms with Gasteiger partial charge in [-0.15, -0.1) is 0 Å². The summed E-state index contributed by atoms with van der Waals surface area (Å²) in [7, 11) is 0. The van der Waals surface area contributed by atoms with Crippen molar-refractivity contribution in [2.45, 2.75) is 106 Å². The van der Waals surface area contributed by atoms with E-state index in [9.17, 15) is 43.9 Å². The summed E-state index contributed by atoms with van der Waals surface area (Å²) in [6.07, 6.45) is 15.5. The van der Waals surface area contributed by atoms with Crippen molar-refractivity contribution >= 4 is 17.2 Å². The van der Waals surface area contributed by atoms with Crippen LogP contribution in [0.5, 0.6) is 0 Å². The van der Waals surface area contributed by atoms with E-state index in [0.717, 1.165) is 0 Å². The molecule has 0 fully saturated rings. The maximum Gasteiger partial charge on any atom is 0.200 e. The largest absolute Gasteiger partial charge is 0.203 e. The fraction of sp³-hybridized carbons (Fsp3) is 0.625. The Morgan fingerprint density at radius 1 is 0.364 bits per heavy atom. The standard InChI is InChI=1S/C16H36ClP.2C8H5F5/c1-5-9-13-18(17,14-10-6-2,15-11-7-3)16-12-8-4;2*1-2-3-4(9)6(11)8(13)7(12)5(3)10/h5-16H2,1-4H3;2*2H2,1H3. The van der Waals surface area contributed by atoms with Gasteiger partial charge in [0.05, 0.1) is 0 Å². The molecule has 0 nitrogen and oxygen atoms in total. The van der Waals surface area contributed by atoms with Crippen molar-refractivity contribution in [2.75, 3.05) is 24.6 Å². The van der Waals surface area contributed by atoms with Gasteiger partial charge in [-0.05, 0) is 12.8 Å². The fourth-order valence-corrected chi connectivity index (χ4v) is 12.0. The van der Waals surface area contributed by atoms with Gasteiger partial charge in [-0.3, -0.25) is 0 Å². The predicted molar refractivity (Wildman–Crippen MR) is 163 cm³/mol. The number of unbranched alkanes of at least 4 members (excludes halogenated alkanes) is 4. The first-order valence-corrected chi connectivity index (χ1v) is 19.2. The number of halogens is 11. The van der Waals surface area contributed by atoms with Crippen molar-refractivity contribution in [3.63, 3.8) is 0 Å². The van der Waals surface area contributed by atoms with Crippen LogP contribution >= 0.6 is 17.2 Å². The van der Waals surface area contributed by atoms with Crippen LogP contribution in [-0.2, 0) is 12.8 Å². The third-order valence-corrected chi connectivity index (χ3v) is 15.4. The molecule has 0 amide bonds. The van der Waals surface area contributed by atoms with Crippen molar-refractivity contribution in [3.8, 4) is 0 Å². The monoisotopic (exact) mass is 686 g/mol. The molecule has 0 aliphatic rings. The summed E-state index contributed by atoms with van der Waals surface area (Å²) < 4.78 is 125. The molecule has 12 heteroatoms. The molecule has 0 radical (unpaired) electrons. The first-order chi connectivity index (χ1) is 20.5. The molecule has 44 heavy (non-hydrogen) atoms. The minimum absolute atomic E-state index is 0.244. The van der Waals surface area contributed by atoms with Crippen LogP contribution in [0.4, 0.5) is 43.9 Å². The summed E-state index contributed by atoms with van der Waals surface area (Å²) in [5.74, 6) is -20.7. The second-order valence-corrected chi connectivity index (χ2v) is 19.2. The molecule has 0 N–H and O–H groups in total. The third kappa shape index (κ3) is 11.4. The molecule has 0 saturated carbocycles. The molecule has 0 unspecified atom stereocenters. The molecule has 0 spiro atoms. The van der Waals surface area contributed by atoms with E-state index in [-0.39, 0.29) is 12.8 Å². The Bertz CT molecular complexity index is 1020. The Labute approximate surface area is 260 Å². The van der Waals surface area contributed by atoms with Crippen molar-refractivity contribution in [3.05, 3.63) is 69.3 Å². The molecule has 0 bridgehead atoms. The molecule has 2 rings (SSSR count). The van der Waals surface area contributed by atoms with E-state index in [1.165, 1.54) is 89.9 Å². The third-order valence-electron chi connectivity index (χ3n) is 7.59. The van der Waals surface area contributed by atoms with E-state index in [0.29, 0.717) is 0 Å². The second-order valence-electron chi connectivity index (χ2n) is 10.9. The van der Waals surface area contributed by atoms with E-state index in [2.05, 4.69) is 27.7 Å². The van der Waals surface area contributed by atoms with Crippen molar-refractivity contribution < 1.29 is 43.9 Å². The second kappa shape index (κ2) is 19.9. The van der Waals surface area contributed by atoms with Crippen molar-refractivity contribution in [1.29, 1.82) is 0 Å². The quantitative estimate of drug-likeness (QED) is 0.0803. The number of benzene rings is 2. The minimum Gasteiger partial charge on any atom is -0.203 e. The van der Waals surface area contributed by atoms with Gasteiger partial charge >= 0.3 is 121 Å². The van der Waals surface area contributed by atoms with E-state index in [1.807, 2.05) is 0 Å². The smallest absolute Gasteiger partial charge is 0.200 e. The molecule has 0 aromatic heterocycles. The minimum atomic E-state index is -2.12. The fourth-order valence-electron chi connectivity index (χ4n) is 4.81. The van der Waals surface area contributed by atoms with Crippen molar-refractivity contribution in [2.24, 2.45) is 0 Å². The van der Waals surface area contributed by atoms with Crippen LogP contribution in [-0.4, -0.2) is 24.6 Å². The van der Waals surface area contributed by atoms with Gasteiger partial charge in [-0.2, -0.15) is 0 Å². The van der Waals surface area contributed by atoms with E-state index < -0.39 is 75.3 Å². The average molecular weight is 687 g/mol. The average Bonchev–Trinajstić information content (AvgIpc) is 3.02. The van der Waals surface area contributed by atoms with E-state index in [1.54, 1.807) is 0 Å². The maximum atomic E-state index is 12.7. The molecule has 0 heterocycles. The van der Waals surface area contributed by atoms with Crippen LogP contribution in [0.2, 0.25) is 0 Å². The van der Waals surface area contributed by atoms with Crippen LogP contribution in [0, 0.1) is 58.2 Å². The summed E-state index contributed by atoms with van der Waals surface area (Å²) >= 11 is 7.44. The summed E-state index contributed by atoms with van der Waals surface area (Å²) in [6.45, 7) is 11.8. The molecule has 0 atom stereocenters. The Morgan fingerprint density at radius 2 is 0.545 bits per heavy atom. The normalized spacial score (nSPS) is 12.2. The van der Waals surface area contributed by atoms with Gasteiger partial charge in [0, 0.05) is 11.1 Å². The van der Waals surface area contributed by atoms with Crippen LogP contribution in [0.1, 0.15) is 104 Å². The molecule has 2 aromatic carbocycles. The summed E-state index contributed by atoms with van der Waals surface area (Å²) in [5.41, 5.74) is -1.56. The van der Waals surface area contributed by atoms with Gasteiger partial charge in [0.15, 0.2) is 46.5 Å². The molecule has 0 aliphatic heterocycles. The summed E-state index contributed by atoms with van der Waals surface area (Å²) in [5, 5.41) is 0. The Hall–Kier alpha value is -1.54. The van der Waals surface area contributed by atoms with Crippen LogP contribution in [0.15, 0.2) is 0 Å². The summed E-state index contributed by atoms with van der Waals surface area (Å²) in [4.78, 5) is 0. The summed E-state index contributed by atoms with van der Waals surface area (Å²) in [6, 6.07) is 0. The Kier molecular flexibility index (Phi) is 19.2. The molecule has 0 aliphatic carbocycles. The van der Waals surface area contributed by atoms with Crippen molar-refractivity contribution in [1.82, 2.24) is 0 Å². The van der Waals surface area contributed by atoms with Gasteiger partial charge in [-0.1, -0.05) is 13.8 Å². The Morgan fingerprint density at radius 3 is 0.705 bits per heavy atom. The topological polar surface area (TPSA) is 0 Å². The zero-order valence-corrected chi connectivity index (χ0v) is 28.2. The number of rotatable bonds is 14. The number of hydrogen-bond acceptors (Lipinski definition) is 0. The first kappa shape index (κ1) is 42.5. The van der Waals surface area contributed by atoms with Gasteiger partial charge in [0.1, 0.15) is 0 Å². The maximum absolute atomic E-state index is 12.7. The number of hydrogen-bond donors (Lipinski definition) is 0. The molecule has 256 valence electrons. The van der Waals surface area contributed by atoms with Crippen LogP contribution in [0.3, 0.4) is 0 Å². The zero-order chi connectivity index (χ0) is 34.3. The van der Waals surface area contributed by atoms with Gasteiger partial charge < -0.3 is 0 Å². The Balaban J connectivity index is 0.000000642. The van der Waals surface area contributed by atoms with Gasteiger partial charge in [0.2, 0.25) is 11.6 Å². The molecule has 2 aromatic rings. The first-order valence-electron chi connectivity index (χ1n) is 15.3. The zero-order valence-electron chi connectivity index (χ0n) is 26.5. The van der Waals surface area contributed by atoms with Gasteiger partial charge in [-0.25, -0.2) is 43.9 Å². The van der Waals surface area contributed by atoms with Gasteiger partial charge in [0.25, 0.3) is 0 Å². The molecule has 0 saturated heterocycles. The predicted octanol–water partition coefficient (Wildman–Crippen LogP) is 12.8. The van der Waals surface area contributed by atoms with E-state index in [4.69, 9.17) is 11.2 Å². The SMILES string of the molecule is CCCCP(Cl)(CCCC)(CCCC)CCCC.CCc1c(F)c(F)c(F)c(F)c1F.CCc1c(F)c(F)c(F)c(F)c1F. The van der Waals surface area contributed by atoms with Crippen LogP contribution in [0.25, 0.3) is 0 Å². The molecular weight excluding hydrogens is 641 g/mol.